The average Bonchev–Trinajstić information content (AvgIpc) is 2.58. The first kappa shape index (κ1) is 22.0. The van der Waals surface area contributed by atoms with Gasteiger partial charge in [-0.2, -0.15) is 0 Å². The second kappa shape index (κ2) is 10.2. The van der Waals surface area contributed by atoms with E-state index in [4.69, 9.17) is 4.74 Å². The van der Waals surface area contributed by atoms with Crippen LogP contribution >= 0.6 is 12.4 Å². The molecule has 0 bridgehead atoms. The number of hydrogen-bond donors (Lipinski definition) is 2. The highest BCUT2D eigenvalue weighted by molar-refractivity contribution is 5.85. The Morgan fingerprint density at radius 3 is 2.23 bits per heavy atom. The summed E-state index contributed by atoms with van der Waals surface area (Å²) in [5.74, 6) is 0.582. The van der Waals surface area contributed by atoms with E-state index in [1.54, 1.807) is 0 Å². The van der Waals surface area contributed by atoms with Crippen molar-refractivity contribution in [3.05, 3.63) is 65.7 Å². The Morgan fingerprint density at radius 2 is 1.65 bits per heavy atom. The first-order chi connectivity index (χ1) is 11.8. The summed E-state index contributed by atoms with van der Waals surface area (Å²) < 4.78 is 5.53. The third-order valence-electron chi connectivity index (χ3n) is 3.72. The van der Waals surface area contributed by atoms with Crippen molar-refractivity contribution >= 4 is 18.3 Å². The lowest BCUT2D eigenvalue weighted by molar-refractivity contribution is -0.124. The highest BCUT2D eigenvalue weighted by atomic mass is 35.5. The van der Waals surface area contributed by atoms with Crippen molar-refractivity contribution in [3.63, 3.8) is 0 Å². The van der Waals surface area contributed by atoms with Gasteiger partial charge in [-0.1, -0.05) is 42.5 Å². The molecule has 2 aromatic carbocycles. The number of rotatable bonds is 7. The summed E-state index contributed by atoms with van der Waals surface area (Å²) in [4.78, 5) is 11.8. The standard InChI is InChI=1S/C21H28N2O2.ClH/c1-16(18-8-6-5-7-9-18)22-14-17-10-12-19(13-11-17)25-15-20(24)23-21(2,3)4;/h5-13,16,22H,14-15H2,1-4H3,(H,23,24);1H. The van der Waals surface area contributed by atoms with Gasteiger partial charge in [-0.15, -0.1) is 12.4 Å². The predicted molar refractivity (Wildman–Crippen MR) is 109 cm³/mol. The van der Waals surface area contributed by atoms with E-state index in [1.807, 2.05) is 51.1 Å². The summed E-state index contributed by atoms with van der Waals surface area (Å²) in [5, 5.41) is 6.38. The molecule has 0 aromatic heterocycles. The molecule has 142 valence electrons. The number of nitrogens with one attached hydrogen (secondary N) is 2. The van der Waals surface area contributed by atoms with Crippen molar-refractivity contribution in [2.24, 2.45) is 0 Å². The normalized spacial score (nSPS) is 12.0. The van der Waals surface area contributed by atoms with Crippen LogP contribution in [0.5, 0.6) is 5.75 Å². The van der Waals surface area contributed by atoms with Gasteiger partial charge in [0.25, 0.3) is 5.91 Å². The molecule has 0 heterocycles. The van der Waals surface area contributed by atoms with E-state index in [1.165, 1.54) is 11.1 Å². The summed E-state index contributed by atoms with van der Waals surface area (Å²) in [5.41, 5.74) is 2.20. The topological polar surface area (TPSA) is 50.4 Å². The van der Waals surface area contributed by atoms with Crippen molar-refractivity contribution in [3.8, 4) is 5.75 Å². The van der Waals surface area contributed by atoms with Crippen LogP contribution < -0.4 is 15.4 Å². The minimum Gasteiger partial charge on any atom is -0.484 e. The van der Waals surface area contributed by atoms with Crippen molar-refractivity contribution in [1.29, 1.82) is 0 Å². The fraction of sp³-hybridized carbons (Fsp3) is 0.381. The van der Waals surface area contributed by atoms with Crippen LogP contribution in [0.15, 0.2) is 54.6 Å². The second-order valence-corrected chi connectivity index (χ2v) is 7.24. The van der Waals surface area contributed by atoms with Gasteiger partial charge in [0, 0.05) is 18.1 Å². The van der Waals surface area contributed by atoms with Crippen molar-refractivity contribution in [1.82, 2.24) is 10.6 Å². The number of halogens is 1. The van der Waals surface area contributed by atoms with Crippen LogP contribution in [0.4, 0.5) is 0 Å². The molecule has 26 heavy (non-hydrogen) atoms. The SMILES string of the molecule is CC(NCc1ccc(OCC(=O)NC(C)(C)C)cc1)c1ccccc1.Cl. The zero-order valence-corrected chi connectivity index (χ0v) is 16.7. The Labute approximate surface area is 162 Å². The van der Waals surface area contributed by atoms with Gasteiger partial charge in [0.2, 0.25) is 0 Å². The lowest BCUT2D eigenvalue weighted by atomic mass is 10.1. The van der Waals surface area contributed by atoms with E-state index in [-0.39, 0.29) is 30.5 Å². The quantitative estimate of drug-likeness (QED) is 0.759. The summed E-state index contributed by atoms with van der Waals surface area (Å²) in [6.45, 7) is 8.80. The van der Waals surface area contributed by atoms with E-state index in [2.05, 4.69) is 41.8 Å². The number of amides is 1. The van der Waals surface area contributed by atoms with Gasteiger partial charge in [-0.05, 0) is 51.0 Å². The molecule has 1 atom stereocenters. The third-order valence-corrected chi connectivity index (χ3v) is 3.72. The van der Waals surface area contributed by atoms with Gasteiger partial charge < -0.3 is 15.4 Å². The lowest BCUT2D eigenvalue weighted by Gasteiger charge is -2.20. The van der Waals surface area contributed by atoms with Gasteiger partial charge in [0.1, 0.15) is 5.75 Å². The number of carbonyl (C=O) groups is 1. The Balaban J connectivity index is 0.00000338. The van der Waals surface area contributed by atoms with Crippen molar-refractivity contribution in [2.75, 3.05) is 6.61 Å². The molecule has 0 aliphatic carbocycles. The largest absolute Gasteiger partial charge is 0.484 e. The first-order valence-electron chi connectivity index (χ1n) is 8.64. The fourth-order valence-electron chi connectivity index (χ4n) is 2.44. The van der Waals surface area contributed by atoms with Crippen molar-refractivity contribution in [2.45, 2.75) is 45.8 Å². The van der Waals surface area contributed by atoms with Crippen LogP contribution in [0.3, 0.4) is 0 Å². The summed E-state index contributed by atoms with van der Waals surface area (Å²) in [6.07, 6.45) is 0. The molecule has 0 aliphatic rings. The second-order valence-electron chi connectivity index (χ2n) is 7.24. The molecule has 2 rings (SSSR count). The molecule has 2 N–H and O–H groups in total. The van der Waals surface area contributed by atoms with E-state index in [9.17, 15) is 4.79 Å². The van der Waals surface area contributed by atoms with Crippen LogP contribution in [0.2, 0.25) is 0 Å². The molecular weight excluding hydrogens is 348 g/mol. The van der Waals surface area contributed by atoms with Gasteiger partial charge in [-0.3, -0.25) is 4.79 Å². The zero-order valence-electron chi connectivity index (χ0n) is 15.9. The summed E-state index contributed by atoms with van der Waals surface area (Å²) in [6, 6.07) is 18.5. The maximum Gasteiger partial charge on any atom is 0.258 e. The third kappa shape index (κ3) is 7.89. The monoisotopic (exact) mass is 376 g/mol. The molecule has 0 radical (unpaired) electrons. The molecule has 2 aromatic rings. The van der Waals surface area contributed by atoms with Gasteiger partial charge in [-0.25, -0.2) is 0 Å². The maximum absolute atomic E-state index is 11.8. The van der Waals surface area contributed by atoms with Crippen molar-refractivity contribution < 1.29 is 9.53 Å². The molecule has 0 fully saturated rings. The molecule has 1 amide bonds. The molecule has 0 aliphatic heterocycles. The average molecular weight is 377 g/mol. The lowest BCUT2D eigenvalue weighted by Crippen LogP contribution is -2.43. The molecular formula is C21H29ClN2O2. The number of ether oxygens (including phenoxy) is 1. The maximum atomic E-state index is 11.8. The highest BCUT2D eigenvalue weighted by Crippen LogP contribution is 2.15. The van der Waals surface area contributed by atoms with Gasteiger partial charge >= 0.3 is 0 Å². The van der Waals surface area contributed by atoms with Gasteiger partial charge in [0.05, 0.1) is 0 Å². The van der Waals surface area contributed by atoms with E-state index in [0.29, 0.717) is 11.8 Å². The summed E-state index contributed by atoms with van der Waals surface area (Å²) in [7, 11) is 0. The zero-order chi connectivity index (χ0) is 18.3. The van der Waals surface area contributed by atoms with E-state index in [0.717, 1.165) is 6.54 Å². The molecule has 0 saturated carbocycles. The predicted octanol–water partition coefficient (Wildman–Crippen LogP) is 4.25. The Hall–Kier alpha value is -2.04. The Morgan fingerprint density at radius 1 is 1.04 bits per heavy atom. The molecule has 4 nitrogen and oxygen atoms in total. The number of carbonyl (C=O) groups excluding carboxylic acids is 1. The fourth-order valence-corrected chi connectivity index (χ4v) is 2.44. The minimum atomic E-state index is -0.245. The highest BCUT2D eigenvalue weighted by Gasteiger charge is 2.13. The Kier molecular flexibility index (Phi) is 8.62. The molecule has 5 heteroatoms. The van der Waals surface area contributed by atoms with Crippen LogP contribution in [0, 0.1) is 0 Å². The van der Waals surface area contributed by atoms with Gasteiger partial charge in [0.15, 0.2) is 6.61 Å². The summed E-state index contributed by atoms with van der Waals surface area (Å²) >= 11 is 0. The van der Waals surface area contributed by atoms with Crippen LogP contribution in [-0.2, 0) is 11.3 Å². The van der Waals surface area contributed by atoms with Crippen LogP contribution in [-0.4, -0.2) is 18.1 Å². The molecule has 0 saturated heterocycles. The van der Waals surface area contributed by atoms with E-state index < -0.39 is 0 Å². The minimum absolute atomic E-state index is 0. The number of hydrogen-bond acceptors (Lipinski definition) is 3. The Bertz CT molecular complexity index is 667. The smallest absolute Gasteiger partial charge is 0.258 e. The van der Waals surface area contributed by atoms with Crippen LogP contribution in [0.25, 0.3) is 0 Å². The molecule has 0 spiro atoms. The first-order valence-corrected chi connectivity index (χ1v) is 8.64. The van der Waals surface area contributed by atoms with Crippen LogP contribution in [0.1, 0.15) is 44.9 Å². The van der Waals surface area contributed by atoms with E-state index >= 15 is 0 Å². The molecule has 1 unspecified atom stereocenters. The number of benzene rings is 2.